The lowest BCUT2D eigenvalue weighted by molar-refractivity contribution is -0.135. The van der Waals surface area contributed by atoms with Crippen molar-refractivity contribution in [2.45, 2.75) is 11.8 Å². The number of hydrogen-bond acceptors (Lipinski definition) is 6. The number of esters is 1. The van der Waals surface area contributed by atoms with Crippen molar-refractivity contribution in [1.29, 1.82) is 0 Å². The van der Waals surface area contributed by atoms with E-state index < -0.39 is 28.5 Å². The van der Waals surface area contributed by atoms with Crippen LogP contribution in [-0.2, 0) is 19.6 Å². The van der Waals surface area contributed by atoms with E-state index in [1.54, 1.807) is 31.2 Å². The molecule has 0 unspecified atom stereocenters. The Morgan fingerprint density at radius 3 is 2.31 bits per heavy atom. The number of carbonyl (C=O) groups is 2. The Morgan fingerprint density at radius 1 is 1.03 bits per heavy atom. The van der Waals surface area contributed by atoms with Gasteiger partial charge >= 0.3 is 5.97 Å². The number of aryl methyl sites for hydroxylation is 1. The third-order valence-electron chi connectivity index (χ3n) is 4.67. The first-order valence-corrected chi connectivity index (χ1v) is 10.5. The molecule has 3 rings (SSSR count). The van der Waals surface area contributed by atoms with E-state index in [1.165, 1.54) is 33.5 Å². The molecule has 1 saturated heterocycles. The number of sulfonamides is 1. The van der Waals surface area contributed by atoms with E-state index in [0.717, 1.165) is 5.56 Å². The van der Waals surface area contributed by atoms with Gasteiger partial charge in [-0.1, -0.05) is 24.3 Å². The molecule has 1 N–H and O–H groups in total. The first-order chi connectivity index (χ1) is 13.8. The van der Waals surface area contributed by atoms with Crippen LogP contribution < -0.4 is 0 Å². The minimum atomic E-state index is -3.60. The minimum Gasteiger partial charge on any atom is -0.507 e. The highest BCUT2D eigenvalue weighted by atomic mass is 32.2. The maximum absolute atomic E-state index is 12.6. The van der Waals surface area contributed by atoms with Crippen molar-refractivity contribution in [1.82, 2.24) is 9.21 Å². The number of ether oxygens (including phenoxy) is 1. The molecule has 2 aromatic rings. The average Bonchev–Trinajstić information content (AvgIpc) is 2.72. The third-order valence-corrected chi connectivity index (χ3v) is 6.59. The lowest BCUT2D eigenvalue weighted by Crippen LogP contribution is -2.51. The van der Waals surface area contributed by atoms with Gasteiger partial charge in [-0.15, -0.1) is 0 Å². The van der Waals surface area contributed by atoms with Crippen LogP contribution in [0.15, 0.2) is 53.4 Å². The number of nitrogens with zero attached hydrogens (tertiary/aromatic N) is 2. The van der Waals surface area contributed by atoms with E-state index in [2.05, 4.69) is 0 Å². The van der Waals surface area contributed by atoms with E-state index in [4.69, 9.17) is 4.74 Å². The highest BCUT2D eigenvalue weighted by Gasteiger charge is 2.30. The molecule has 1 fully saturated rings. The Bertz CT molecular complexity index is 999. The second-order valence-electron chi connectivity index (χ2n) is 6.69. The minimum absolute atomic E-state index is 0.0119. The van der Waals surface area contributed by atoms with E-state index >= 15 is 0 Å². The fraction of sp³-hybridized carbons (Fsp3) is 0.300. The number of piperazine rings is 1. The number of rotatable bonds is 5. The van der Waals surface area contributed by atoms with Gasteiger partial charge in [-0.25, -0.2) is 13.2 Å². The van der Waals surface area contributed by atoms with Crippen molar-refractivity contribution < 1.29 is 27.9 Å². The van der Waals surface area contributed by atoms with Crippen LogP contribution in [-0.4, -0.2) is 67.4 Å². The van der Waals surface area contributed by atoms with E-state index in [1.807, 2.05) is 0 Å². The van der Waals surface area contributed by atoms with Gasteiger partial charge in [-0.2, -0.15) is 4.31 Å². The molecule has 1 aliphatic rings. The lowest BCUT2D eigenvalue weighted by atomic mass is 10.1. The molecule has 9 heteroatoms. The second kappa shape index (κ2) is 8.62. The molecule has 2 aromatic carbocycles. The van der Waals surface area contributed by atoms with Crippen LogP contribution in [0.1, 0.15) is 15.9 Å². The summed E-state index contributed by atoms with van der Waals surface area (Å²) in [6.07, 6.45) is 0. The van der Waals surface area contributed by atoms with Crippen molar-refractivity contribution in [2.24, 2.45) is 0 Å². The Hall–Kier alpha value is -2.91. The van der Waals surface area contributed by atoms with Crippen LogP contribution in [0.3, 0.4) is 0 Å². The van der Waals surface area contributed by atoms with E-state index in [-0.39, 0.29) is 42.4 Å². The molecule has 1 heterocycles. The molecule has 1 amide bonds. The van der Waals surface area contributed by atoms with Crippen molar-refractivity contribution in [3.05, 3.63) is 59.7 Å². The zero-order chi connectivity index (χ0) is 21.0. The summed E-state index contributed by atoms with van der Waals surface area (Å²) in [5, 5.41) is 9.82. The number of hydrogen-bond donors (Lipinski definition) is 1. The molecular formula is C20H22N2O6S. The topological polar surface area (TPSA) is 104 Å². The summed E-state index contributed by atoms with van der Waals surface area (Å²) in [4.78, 5) is 26.1. The van der Waals surface area contributed by atoms with Gasteiger partial charge in [0.15, 0.2) is 6.61 Å². The predicted octanol–water partition coefficient (Wildman–Crippen LogP) is 1.39. The molecule has 1 aliphatic heterocycles. The maximum Gasteiger partial charge on any atom is 0.342 e. The zero-order valence-corrected chi connectivity index (χ0v) is 16.8. The highest BCUT2D eigenvalue weighted by molar-refractivity contribution is 7.89. The van der Waals surface area contributed by atoms with Crippen LogP contribution in [0.5, 0.6) is 5.75 Å². The van der Waals surface area contributed by atoms with Crippen LogP contribution in [0.25, 0.3) is 0 Å². The monoisotopic (exact) mass is 418 g/mol. The molecular weight excluding hydrogens is 396 g/mol. The number of amides is 1. The van der Waals surface area contributed by atoms with Crippen LogP contribution in [0.4, 0.5) is 0 Å². The Labute approximate surface area is 169 Å². The molecule has 0 atom stereocenters. The van der Waals surface area contributed by atoms with Crippen LogP contribution >= 0.6 is 0 Å². The number of phenols is 1. The van der Waals surface area contributed by atoms with Crippen molar-refractivity contribution in [3.63, 3.8) is 0 Å². The van der Waals surface area contributed by atoms with E-state index in [0.29, 0.717) is 0 Å². The molecule has 0 radical (unpaired) electrons. The molecule has 0 aromatic heterocycles. The number of benzene rings is 2. The van der Waals surface area contributed by atoms with Crippen LogP contribution in [0.2, 0.25) is 0 Å². The summed E-state index contributed by atoms with van der Waals surface area (Å²) in [6, 6.07) is 12.7. The molecule has 8 nitrogen and oxygen atoms in total. The molecule has 0 bridgehead atoms. The SMILES string of the molecule is Cc1ccc(C(=O)OCC(=O)N2CCN(S(=O)(=O)c3ccccc3)CC2)c(O)c1. The summed E-state index contributed by atoms with van der Waals surface area (Å²) >= 11 is 0. The van der Waals surface area contributed by atoms with Gasteiger partial charge in [-0.05, 0) is 36.8 Å². The first kappa shape index (κ1) is 20.8. The number of phenolic OH excluding ortho intramolecular Hbond substituents is 1. The molecule has 0 spiro atoms. The molecule has 29 heavy (non-hydrogen) atoms. The average molecular weight is 418 g/mol. The smallest absolute Gasteiger partial charge is 0.342 e. The van der Waals surface area contributed by atoms with Gasteiger partial charge in [0.05, 0.1) is 4.90 Å². The van der Waals surface area contributed by atoms with Gasteiger partial charge in [0.25, 0.3) is 5.91 Å². The zero-order valence-electron chi connectivity index (χ0n) is 15.9. The third kappa shape index (κ3) is 4.75. The van der Waals surface area contributed by atoms with Crippen molar-refractivity contribution in [3.8, 4) is 5.75 Å². The normalized spacial score (nSPS) is 15.1. The maximum atomic E-state index is 12.6. The van der Waals surface area contributed by atoms with Gasteiger partial charge in [-0.3, -0.25) is 4.79 Å². The van der Waals surface area contributed by atoms with Crippen LogP contribution in [0, 0.1) is 6.92 Å². The lowest BCUT2D eigenvalue weighted by Gasteiger charge is -2.33. The van der Waals surface area contributed by atoms with Gasteiger partial charge in [0.2, 0.25) is 10.0 Å². The van der Waals surface area contributed by atoms with Crippen molar-refractivity contribution in [2.75, 3.05) is 32.8 Å². The van der Waals surface area contributed by atoms with Crippen molar-refractivity contribution >= 4 is 21.9 Å². The molecule has 154 valence electrons. The summed E-state index contributed by atoms with van der Waals surface area (Å²) in [5.74, 6) is -1.41. The van der Waals surface area contributed by atoms with E-state index in [9.17, 15) is 23.1 Å². The fourth-order valence-corrected chi connectivity index (χ4v) is 4.47. The largest absolute Gasteiger partial charge is 0.507 e. The fourth-order valence-electron chi connectivity index (χ4n) is 3.03. The second-order valence-corrected chi connectivity index (χ2v) is 8.63. The highest BCUT2D eigenvalue weighted by Crippen LogP contribution is 2.20. The molecule has 0 saturated carbocycles. The Balaban J connectivity index is 1.53. The number of carbonyl (C=O) groups excluding carboxylic acids is 2. The first-order valence-electron chi connectivity index (χ1n) is 9.09. The summed E-state index contributed by atoms with van der Waals surface area (Å²) < 4.78 is 31.6. The summed E-state index contributed by atoms with van der Waals surface area (Å²) in [5.41, 5.74) is 0.778. The quantitative estimate of drug-likeness (QED) is 0.736. The Morgan fingerprint density at radius 2 is 1.69 bits per heavy atom. The van der Waals surface area contributed by atoms with Gasteiger partial charge < -0.3 is 14.7 Å². The predicted molar refractivity (Wildman–Crippen MR) is 105 cm³/mol. The van der Waals surface area contributed by atoms with Gasteiger partial charge in [0, 0.05) is 26.2 Å². The number of aromatic hydroxyl groups is 1. The summed E-state index contributed by atoms with van der Waals surface area (Å²) in [6.45, 7) is 2.04. The Kier molecular flexibility index (Phi) is 6.19. The molecule has 0 aliphatic carbocycles. The summed E-state index contributed by atoms with van der Waals surface area (Å²) in [7, 11) is -3.60. The van der Waals surface area contributed by atoms with Gasteiger partial charge in [0.1, 0.15) is 11.3 Å². The standard InChI is InChI=1S/C20H22N2O6S/c1-15-7-8-17(18(23)13-15)20(25)28-14-19(24)21-9-11-22(12-10-21)29(26,27)16-5-3-2-4-6-16/h2-8,13,23H,9-12,14H2,1H3.